The molecule has 0 spiro atoms. The van der Waals surface area contributed by atoms with Gasteiger partial charge >= 0.3 is 0 Å². The van der Waals surface area contributed by atoms with Crippen LogP contribution in [-0.4, -0.2) is 25.8 Å². The van der Waals surface area contributed by atoms with E-state index in [0.29, 0.717) is 24.3 Å². The van der Waals surface area contributed by atoms with E-state index in [4.69, 9.17) is 5.26 Å². The van der Waals surface area contributed by atoms with Gasteiger partial charge in [-0.25, -0.2) is 8.42 Å². The molecule has 3 rings (SSSR count). The second-order valence-electron chi connectivity index (χ2n) is 5.92. The monoisotopic (exact) mass is 355 g/mol. The fraction of sp³-hybridized carbons (Fsp3) is 0.222. The minimum Gasteiger partial charge on any atom is -0.338 e. The maximum atomic E-state index is 12.6. The van der Waals surface area contributed by atoms with E-state index < -0.39 is 10.0 Å². The lowest BCUT2D eigenvalue weighted by Crippen LogP contribution is -2.34. The van der Waals surface area contributed by atoms with Gasteiger partial charge in [-0.1, -0.05) is 6.07 Å². The molecule has 1 N–H and O–H groups in total. The van der Waals surface area contributed by atoms with Gasteiger partial charge in [0.15, 0.2) is 0 Å². The molecule has 2 aromatic carbocycles. The van der Waals surface area contributed by atoms with Crippen molar-refractivity contribution in [1.82, 2.24) is 4.90 Å². The molecule has 0 aromatic heterocycles. The number of carbonyl (C=O) groups is 1. The third kappa shape index (κ3) is 3.64. The van der Waals surface area contributed by atoms with Crippen LogP contribution in [-0.2, 0) is 27.8 Å². The molecule has 25 heavy (non-hydrogen) atoms. The molecule has 1 amide bonds. The number of hydrogen-bond acceptors (Lipinski definition) is 4. The number of nitrogens with one attached hydrogen (secondary N) is 1. The van der Waals surface area contributed by atoms with Crippen LogP contribution in [0.3, 0.4) is 0 Å². The maximum Gasteiger partial charge on any atom is 0.261 e. The number of benzene rings is 2. The number of fused-ring (bicyclic) bond motifs is 1. The Morgan fingerprint density at radius 1 is 1.16 bits per heavy atom. The zero-order chi connectivity index (χ0) is 18.0. The van der Waals surface area contributed by atoms with Gasteiger partial charge in [0.05, 0.1) is 16.5 Å². The largest absolute Gasteiger partial charge is 0.338 e. The number of sulfonamides is 1. The van der Waals surface area contributed by atoms with Gasteiger partial charge in [0.1, 0.15) is 0 Å². The highest BCUT2D eigenvalue weighted by Gasteiger charge is 2.21. The van der Waals surface area contributed by atoms with E-state index in [1.54, 1.807) is 47.4 Å². The van der Waals surface area contributed by atoms with Crippen molar-refractivity contribution in [2.75, 3.05) is 11.3 Å². The molecule has 6 nitrogen and oxygen atoms in total. The summed E-state index contributed by atoms with van der Waals surface area (Å²) < 4.78 is 27.7. The van der Waals surface area contributed by atoms with Crippen LogP contribution in [0.2, 0.25) is 0 Å². The number of carbonyl (C=O) groups excluding carboxylic acids is 1. The van der Waals surface area contributed by atoms with Gasteiger partial charge in [-0.05, 0) is 53.9 Å². The first-order chi connectivity index (χ1) is 11.9. The Morgan fingerprint density at radius 3 is 2.52 bits per heavy atom. The third-order valence-electron chi connectivity index (χ3n) is 4.21. The van der Waals surface area contributed by atoms with Gasteiger partial charge in [0, 0.05) is 25.7 Å². The number of rotatable bonds is 3. The number of anilines is 1. The molecule has 0 atom stereocenters. The standard InChI is InChI=1S/C18H17N3O3S/c1-13(22)21-9-8-15-4-7-18(10-16(15)12-21)25(23,24)20-17-5-2-14(11-19)3-6-17/h2-7,10,20H,8-9,12H2,1H3. The van der Waals surface area contributed by atoms with Crippen LogP contribution in [0.15, 0.2) is 47.4 Å². The molecule has 7 heteroatoms. The Hall–Kier alpha value is -2.85. The molecular weight excluding hydrogens is 338 g/mol. The van der Waals surface area contributed by atoms with Gasteiger partial charge < -0.3 is 4.90 Å². The Labute approximate surface area is 146 Å². The zero-order valence-electron chi connectivity index (χ0n) is 13.7. The predicted molar refractivity (Wildman–Crippen MR) is 93.2 cm³/mol. The highest BCUT2D eigenvalue weighted by atomic mass is 32.2. The fourth-order valence-corrected chi connectivity index (χ4v) is 3.91. The first kappa shape index (κ1) is 17.0. The molecule has 1 heterocycles. The molecule has 1 aliphatic rings. The smallest absolute Gasteiger partial charge is 0.261 e. The van der Waals surface area contributed by atoms with Gasteiger partial charge in [0.25, 0.3) is 10.0 Å². The lowest BCUT2D eigenvalue weighted by molar-refractivity contribution is -0.129. The van der Waals surface area contributed by atoms with Crippen molar-refractivity contribution in [3.05, 3.63) is 59.2 Å². The van der Waals surface area contributed by atoms with Gasteiger partial charge in [-0.3, -0.25) is 9.52 Å². The molecule has 0 radical (unpaired) electrons. The minimum absolute atomic E-state index is 0.0189. The summed E-state index contributed by atoms with van der Waals surface area (Å²) in [4.78, 5) is 13.4. The predicted octanol–water partition coefficient (Wildman–Crippen LogP) is 2.26. The highest BCUT2D eigenvalue weighted by Crippen LogP contribution is 2.24. The number of amides is 1. The van der Waals surface area contributed by atoms with Gasteiger partial charge in [-0.2, -0.15) is 5.26 Å². The topological polar surface area (TPSA) is 90.3 Å². The summed E-state index contributed by atoms with van der Waals surface area (Å²) in [5.41, 5.74) is 2.77. The zero-order valence-corrected chi connectivity index (χ0v) is 14.5. The van der Waals surface area contributed by atoms with Crippen LogP contribution in [0.1, 0.15) is 23.6 Å². The second-order valence-corrected chi connectivity index (χ2v) is 7.60. The van der Waals surface area contributed by atoms with E-state index in [2.05, 4.69) is 4.72 Å². The molecule has 0 saturated carbocycles. The first-order valence-electron chi connectivity index (χ1n) is 7.79. The maximum absolute atomic E-state index is 12.6. The lowest BCUT2D eigenvalue weighted by Gasteiger charge is -2.28. The average Bonchev–Trinajstić information content (AvgIpc) is 2.61. The van der Waals surface area contributed by atoms with E-state index >= 15 is 0 Å². The van der Waals surface area contributed by atoms with Crippen LogP contribution in [0.4, 0.5) is 5.69 Å². The molecule has 0 bridgehead atoms. The molecule has 0 saturated heterocycles. The number of nitriles is 1. The molecule has 0 aliphatic carbocycles. The van der Waals surface area contributed by atoms with Crippen LogP contribution < -0.4 is 4.72 Å². The van der Waals surface area contributed by atoms with Crippen molar-refractivity contribution in [2.24, 2.45) is 0 Å². The van der Waals surface area contributed by atoms with E-state index in [1.807, 2.05) is 6.07 Å². The quantitative estimate of drug-likeness (QED) is 0.914. The van der Waals surface area contributed by atoms with Gasteiger partial charge in [0.2, 0.25) is 5.91 Å². The van der Waals surface area contributed by atoms with E-state index in [0.717, 1.165) is 17.5 Å². The van der Waals surface area contributed by atoms with Crippen LogP contribution in [0.25, 0.3) is 0 Å². The third-order valence-corrected chi connectivity index (χ3v) is 5.59. The van der Waals surface area contributed by atoms with Crippen LogP contribution in [0, 0.1) is 11.3 Å². The van der Waals surface area contributed by atoms with Crippen molar-refractivity contribution in [3.63, 3.8) is 0 Å². The summed E-state index contributed by atoms with van der Waals surface area (Å²) in [6.07, 6.45) is 0.721. The van der Waals surface area contributed by atoms with Crippen molar-refractivity contribution in [2.45, 2.75) is 24.8 Å². The summed E-state index contributed by atoms with van der Waals surface area (Å²) in [6.45, 7) is 2.58. The Kier molecular flexibility index (Phi) is 4.47. The molecule has 0 fully saturated rings. The molecule has 128 valence electrons. The Bertz CT molecular complexity index is 960. The van der Waals surface area contributed by atoms with Gasteiger partial charge in [-0.15, -0.1) is 0 Å². The summed E-state index contributed by atoms with van der Waals surface area (Å²) in [5.74, 6) is -0.0189. The van der Waals surface area contributed by atoms with Crippen LogP contribution in [0.5, 0.6) is 0 Å². The number of hydrogen-bond donors (Lipinski definition) is 1. The Morgan fingerprint density at radius 2 is 1.88 bits per heavy atom. The molecule has 1 aliphatic heterocycles. The fourth-order valence-electron chi connectivity index (χ4n) is 2.80. The molecule has 0 unspecified atom stereocenters. The summed E-state index contributed by atoms with van der Waals surface area (Å²) >= 11 is 0. The molecular formula is C18H17N3O3S. The van der Waals surface area contributed by atoms with E-state index in [1.165, 1.54) is 6.92 Å². The summed E-state index contributed by atoms with van der Waals surface area (Å²) in [5, 5.41) is 8.80. The summed E-state index contributed by atoms with van der Waals surface area (Å²) in [7, 11) is -3.74. The van der Waals surface area contributed by atoms with Crippen LogP contribution >= 0.6 is 0 Å². The normalized spacial score (nSPS) is 13.7. The first-order valence-corrected chi connectivity index (χ1v) is 9.28. The number of nitrogens with zero attached hydrogens (tertiary/aromatic N) is 2. The minimum atomic E-state index is -3.74. The van der Waals surface area contributed by atoms with E-state index in [-0.39, 0.29) is 10.8 Å². The van der Waals surface area contributed by atoms with Crippen molar-refractivity contribution in [1.29, 1.82) is 5.26 Å². The SMILES string of the molecule is CC(=O)N1CCc2ccc(S(=O)(=O)Nc3ccc(C#N)cc3)cc2C1. The van der Waals surface area contributed by atoms with Crippen molar-refractivity contribution in [3.8, 4) is 6.07 Å². The van der Waals surface area contributed by atoms with E-state index in [9.17, 15) is 13.2 Å². The lowest BCUT2D eigenvalue weighted by atomic mass is 10.00. The van der Waals surface area contributed by atoms with Crippen molar-refractivity contribution < 1.29 is 13.2 Å². The second kappa shape index (κ2) is 6.57. The highest BCUT2D eigenvalue weighted by molar-refractivity contribution is 7.92. The molecule has 2 aromatic rings. The average molecular weight is 355 g/mol. The Balaban J connectivity index is 1.86. The van der Waals surface area contributed by atoms with Crippen molar-refractivity contribution >= 4 is 21.6 Å². The summed E-state index contributed by atoms with van der Waals surface area (Å²) in [6, 6.07) is 13.2.